The van der Waals surface area contributed by atoms with Gasteiger partial charge in [0.25, 0.3) is 0 Å². The molecule has 1 aromatic heterocycles. The van der Waals surface area contributed by atoms with E-state index < -0.39 is 18.2 Å². The number of nitrogens with zero attached hydrogens (tertiary/aromatic N) is 1. The van der Waals surface area contributed by atoms with Gasteiger partial charge in [0.2, 0.25) is 0 Å². The summed E-state index contributed by atoms with van der Waals surface area (Å²) in [4.78, 5) is 1.37. The summed E-state index contributed by atoms with van der Waals surface area (Å²) in [6, 6.07) is 24.8. The summed E-state index contributed by atoms with van der Waals surface area (Å²) < 4.78 is 16.4. The Hall–Kier alpha value is -2.39. The Labute approximate surface area is 217 Å². The molecule has 3 nitrogen and oxygen atoms in total. The third-order valence-electron chi connectivity index (χ3n) is 7.51. The molecule has 0 amide bonds. The maximum Gasteiger partial charge on any atom is 0.310 e. The Bertz CT molecular complexity index is 1590. The van der Waals surface area contributed by atoms with Crippen molar-refractivity contribution in [2.75, 3.05) is 22.4 Å². The van der Waals surface area contributed by atoms with Gasteiger partial charge in [-0.25, -0.2) is 10.0 Å². The van der Waals surface area contributed by atoms with E-state index in [1.165, 1.54) is 31.8 Å². The molecule has 5 aromatic rings. The third kappa shape index (κ3) is 4.14. The van der Waals surface area contributed by atoms with E-state index in [0.29, 0.717) is 12.1 Å². The van der Waals surface area contributed by atoms with E-state index in [2.05, 4.69) is 119 Å². The Morgan fingerprint density at radius 2 is 1.33 bits per heavy atom. The first kappa shape index (κ1) is 25.3. The summed E-state index contributed by atoms with van der Waals surface area (Å²) in [6.45, 7) is 13.6. The molecule has 0 aliphatic rings. The van der Waals surface area contributed by atoms with Gasteiger partial charge in [0, 0.05) is 27.8 Å². The molecule has 1 heterocycles. The number of fused-ring (bicyclic) bond motifs is 7. The predicted molar refractivity (Wildman–Crippen MR) is 163 cm³/mol. The van der Waals surface area contributed by atoms with E-state index in [0.717, 1.165) is 28.1 Å². The summed E-state index contributed by atoms with van der Waals surface area (Å²) in [7, 11) is -2.43. The lowest BCUT2D eigenvalue weighted by Crippen LogP contribution is -2.34. The highest BCUT2D eigenvalue weighted by molar-refractivity contribution is 8.33. The first-order chi connectivity index (χ1) is 17.3. The molecule has 1 unspecified atom stereocenters. The molecule has 4 aromatic carbocycles. The Balaban J connectivity index is 2.15. The maximum absolute atomic E-state index is 7.15. The van der Waals surface area contributed by atoms with Gasteiger partial charge in [0.05, 0.1) is 0 Å². The number of hydrogen-bond donors (Lipinski definition) is 0. The molecule has 0 fully saturated rings. The van der Waals surface area contributed by atoms with Gasteiger partial charge in [-0.15, -0.1) is 0 Å². The minimum Gasteiger partial charge on any atom is -0.408 e. The van der Waals surface area contributed by atoms with Gasteiger partial charge in [-0.3, -0.25) is 0 Å². The van der Waals surface area contributed by atoms with Crippen LogP contribution in [-0.4, -0.2) is 29.8 Å². The third-order valence-corrected chi connectivity index (χ3v) is 13.4. The highest BCUT2D eigenvalue weighted by atomic mass is 32.3. The van der Waals surface area contributed by atoms with Gasteiger partial charge < -0.3 is 8.39 Å². The van der Waals surface area contributed by atoms with Crippen LogP contribution in [0.4, 0.5) is 0 Å². The normalized spacial score (nSPS) is 13.7. The Kier molecular flexibility index (Phi) is 6.89. The molecule has 0 N–H and O–H groups in total. The van der Waals surface area contributed by atoms with Crippen LogP contribution in [0.2, 0.25) is 0 Å². The van der Waals surface area contributed by atoms with Gasteiger partial charge in [-0.2, -0.15) is 4.67 Å². The number of benzene rings is 4. The van der Waals surface area contributed by atoms with Gasteiger partial charge >= 0.3 is 8.16 Å². The van der Waals surface area contributed by atoms with Crippen LogP contribution in [0.15, 0.2) is 80.0 Å². The molecule has 0 bridgehead atoms. The lowest BCUT2D eigenvalue weighted by atomic mass is 9.99. The van der Waals surface area contributed by atoms with Crippen molar-refractivity contribution in [2.24, 2.45) is 0 Å². The zero-order chi connectivity index (χ0) is 25.6. The maximum atomic E-state index is 7.15. The highest BCUT2D eigenvalue weighted by Gasteiger charge is 2.27. The van der Waals surface area contributed by atoms with E-state index in [-0.39, 0.29) is 0 Å². The van der Waals surface area contributed by atoms with E-state index in [1.807, 2.05) is 0 Å². The van der Waals surface area contributed by atoms with Crippen LogP contribution in [0.1, 0.15) is 41.5 Å². The number of hydrogen-bond acceptors (Lipinski definition) is 3. The molecule has 0 aliphatic carbocycles. The fourth-order valence-corrected chi connectivity index (χ4v) is 9.10. The van der Waals surface area contributed by atoms with Gasteiger partial charge in [-0.1, -0.05) is 68.4 Å². The van der Waals surface area contributed by atoms with Crippen molar-refractivity contribution in [2.45, 2.75) is 58.5 Å². The van der Waals surface area contributed by atoms with Crippen LogP contribution in [-0.2, 0) is 0 Å². The lowest BCUT2D eigenvalue weighted by molar-refractivity contribution is 0.568. The summed E-state index contributed by atoms with van der Waals surface area (Å²) >= 11 is 0. The van der Waals surface area contributed by atoms with Crippen LogP contribution in [0.3, 0.4) is 0 Å². The second kappa shape index (κ2) is 9.82. The molecule has 0 saturated carbocycles. The van der Waals surface area contributed by atoms with Crippen molar-refractivity contribution >= 4 is 61.7 Å². The van der Waals surface area contributed by atoms with Crippen molar-refractivity contribution in [1.29, 1.82) is 0 Å². The van der Waals surface area contributed by atoms with Crippen LogP contribution < -0.4 is 4.67 Å². The standard InChI is InChI=1S/C31H38NO2PS/c1-8-36(7,9-2)28-20-24-15-11-13-17-26(24)30-29-25-16-12-10-14-23(25)18-19-27(29)33-35(34-31(28)30)32(21(3)4)22(5)6/h10-22H,8-9H2,1-7H3. The minimum absolute atomic E-state index is 0.293. The fraction of sp³-hybridized carbons (Fsp3) is 0.355. The van der Waals surface area contributed by atoms with E-state index in [1.54, 1.807) is 0 Å². The first-order valence-corrected chi connectivity index (χ1v) is 16.6. The molecule has 36 heavy (non-hydrogen) atoms. The topological polar surface area (TPSA) is 29.5 Å². The zero-order valence-corrected chi connectivity index (χ0v) is 24.2. The van der Waals surface area contributed by atoms with Crippen molar-refractivity contribution in [3.8, 4) is 0 Å². The average molecular weight is 520 g/mol. The molecule has 0 spiro atoms. The van der Waals surface area contributed by atoms with E-state index in [9.17, 15) is 0 Å². The Morgan fingerprint density at radius 1 is 0.750 bits per heavy atom. The largest absolute Gasteiger partial charge is 0.408 e. The van der Waals surface area contributed by atoms with Gasteiger partial charge in [0.1, 0.15) is 5.58 Å². The first-order valence-electron chi connectivity index (χ1n) is 13.0. The summed E-state index contributed by atoms with van der Waals surface area (Å²) in [5.41, 5.74) is 1.94. The van der Waals surface area contributed by atoms with E-state index in [4.69, 9.17) is 8.39 Å². The monoisotopic (exact) mass is 519 g/mol. The summed E-state index contributed by atoms with van der Waals surface area (Å²) in [5, 5.41) is 7.27. The Morgan fingerprint density at radius 3 is 1.94 bits per heavy atom. The van der Waals surface area contributed by atoms with Gasteiger partial charge in [0.15, 0.2) is 5.58 Å². The quantitative estimate of drug-likeness (QED) is 0.223. The zero-order valence-electron chi connectivity index (χ0n) is 22.5. The molecule has 5 heteroatoms. The molecular weight excluding hydrogens is 481 g/mol. The van der Waals surface area contributed by atoms with Crippen molar-refractivity contribution in [1.82, 2.24) is 0 Å². The lowest BCUT2D eigenvalue weighted by Gasteiger charge is -2.34. The fourth-order valence-electron chi connectivity index (χ4n) is 5.36. The molecule has 0 aliphatic heterocycles. The summed E-state index contributed by atoms with van der Waals surface area (Å²) in [5.74, 6) is 2.24. The molecule has 190 valence electrons. The van der Waals surface area contributed by atoms with E-state index >= 15 is 0 Å². The average Bonchev–Trinajstić information content (AvgIpc) is 3.04. The minimum atomic E-state index is -1.35. The SMILES string of the molecule is CCS(C)(CC)c1cc2ccccc2c2c1op(N(C(C)C)C(C)C)oc1ccc3ccccc3c12. The molecule has 5 rings (SSSR count). The van der Waals surface area contributed by atoms with Crippen molar-refractivity contribution in [3.63, 3.8) is 0 Å². The summed E-state index contributed by atoms with van der Waals surface area (Å²) in [6.07, 6.45) is 2.46. The molecule has 0 radical (unpaired) electrons. The van der Waals surface area contributed by atoms with Crippen LogP contribution in [0.5, 0.6) is 0 Å². The molecular formula is C31H38NO2PS. The van der Waals surface area contributed by atoms with Gasteiger partial charge in [-0.05, 0) is 79.1 Å². The number of rotatable bonds is 6. The second-order valence-corrected chi connectivity index (χ2v) is 15.7. The predicted octanol–water partition coefficient (Wildman–Crippen LogP) is 10.2. The second-order valence-electron chi connectivity index (χ2n) is 10.3. The molecule has 0 saturated heterocycles. The van der Waals surface area contributed by atoms with Crippen molar-refractivity contribution in [3.05, 3.63) is 66.7 Å². The van der Waals surface area contributed by atoms with Crippen LogP contribution in [0.25, 0.3) is 43.5 Å². The highest BCUT2D eigenvalue weighted by Crippen LogP contribution is 2.57. The van der Waals surface area contributed by atoms with Crippen LogP contribution >= 0.6 is 18.2 Å². The molecule has 1 atom stereocenters. The van der Waals surface area contributed by atoms with Crippen molar-refractivity contribution < 1.29 is 8.39 Å². The van der Waals surface area contributed by atoms with Crippen LogP contribution in [0, 0.1) is 0 Å². The smallest absolute Gasteiger partial charge is 0.310 e.